The molecule has 1 aromatic rings. The summed E-state index contributed by atoms with van der Waals surface area (Å²) in [5, 5.41) is 0. The van der Waals surface area contributed by atoms with E-state index in [1.54, 1.807) is 18.2 Å². The van der Waals surface area contributed by atoms with E-state index in [4.69, 9.17) is 14.2 Å². The summed E-state index contributed by atoms with van der Waals surface area (Å²) in [7, 11) is -3.65. The highest BCUT2D eigenvalue weighted by Gasteiger charge is 2.35. The van der Waals surface area contributed by atoms with E-state index >= 15 is 0 Å². The Balaban J connectivity index is 1.36. The van der Waals surface area contributed by atoms with Crippen molar-refractivity contribution >= 4 is 15.9 Å². The molecule has 8 nitrogen and oxygen atoms in total. The van der Waals surface area contributed by atoms with E-state index in [9.17, 15) is 13.2 Å². The zero-order valence-electron chi connectivity index (χ0n) is 18.8. The monoisotopic (exact) mass is 466 g/mol. The lowest BCUT2D eigenvalue weighted by Crippen LogP contribution is -2.48. The second-order valence-electron chi connectivity index (χ2n) is 8.76. The molecule has 3 aliphatic rings. The van der Waals surface area contributed by atoms with E-state index in [0.717, 1.165) is 38.8 Å². The minimum absolute atomic E-state index is 0.118. The van der Waals surface area contributed by atoms with Crippen molar-refractivity contribution < 1.29 is 27.4 Å². The van der Waals surface area contributed by atoms with Gasteiger partial charge in [-0.25, -0.2) is 8.42 Å². The molecular weight excluding hydrogens is 432 g/mol. The molecule has 178 valence electrons. The molecule has 1 amide bonds. The van der Waals surface area contributed by atoms with E-state index in [2.05, 4.69) is 6.92 Å². The Hall–Kier alpha value is -1.84. The minimum atomic E-state index is -3.65. The van der Waals surface area contributed by atoms with Gasteiger partial charge in [-0.2, -0.15) is 4.31 Å². The predicted octanol–water partition coefficient (Wildman–Crippen LogP) is 2.67. The van der Waals surface area contributed by atoms with Crippen molar-refractivity contribution in [2.45, 2.75) is 56.4 Å². The van der Waals surface area contributed by atoms with Gasteiger partial charge in [0.25, 0.3) is 0 Å². The van der Waals surface area contributed by atoms with Gasteiger partial charge in [0.05, 0.1) is 24.2 Å². The summed E-state index contributed by atoms with van der Waals surface area (Å²) >= 11 is 0. The third-order valence-corrected chi connectivity index (χ3v) is 8.30. The van der Waals surface area contributed by atoms with Gasteiger partial charge >= 0.3 is 0 Å². The number of likely N-dealkylation sites (tertiary alicyclic amines) is 1. The number of carbonyl (C=O) groups is 1. The highest BCUT2D eigenvalue weighted by Crippen LogP contribution is 2.34. The Bertz CT molecular complexity index is 898. The fourth-order valence-electron chi connectivity index (χ4n) is 4.61. The molecule has 1 unspecified atom stereocenters. The molecule has 0 aromatic heterocycles. The Morgan fingerprint density at radius 1 is 1.06 bits per heavy atom. The number of rotatable bonds is 6. The van der Waals surface area contributed by atoms with Crippen molar-refractivity contribution in [2.24, 2.45) is 5.92 Å². The summed E-state index contributed by atoms with van der Waals surface area (Å²) in [6, 6.07) is 4.79. The third-order valence-electron chi connectivity index (χ3n) is 6.41. The molecule has 2 fully saturated rings. The maximum absolute atomic E-state index is 13.2. The van der Waals surface area contributed by atoms with Crippen LogP contribution in [0.2, 0.25) is 0 Å². The topological polar surface area (TPSA) is 85.4 Å². The van der Waals surface area contributed by atoms with Crippen molar-refractivity contribution in [1.29, 1.82) is 0 Å². The zero-order valence-corrected chi connectivity index (χ0v) is 19.6. The lowest BCUT2D eigenvalue weighted by atomic mass is 9.95. The van der Waals surface area contributed by atoms with E-state index in [-0.39, 0.29) is 22.8 Å². The summed E-state index contributed by atoms with van der Waals surface area (Å²) < 4.78 is 45.0. The largest absolute Gasteiger partial charge is 0.490 e. The molecule has 32 heavy (non-hydrogen) atoms. The standard InChI is InChI=1S/C23H34N2O6S/c1-2-13-29-19-5-3-10-24(17-19)23(26)18-8-11-25(12-9-18)32(27,28)20-6-7-21-22(16-20)31-15-4-14-30-21/h6-7,16,18-19H,2-5,8-15,17H2,1H3. The molecule has 0 aliphatic carbocycles. The van der Waals surface area contributed by atoms with Crippen LogP contribution in [0, 0.1) is 5.92 Å². The molecule has 0 bridgehead atoms. The first-order chi connectivity index (χ1) is 15.5. The van der Waals surface area contributed by atoms with Gasteiger partial charge in [0.2, 0.25) is 15.9 Å². The van der Waals surface area contributed by atoms with Crippen LogP contribution in [0.4, 0.5) is 0 Å². The quantitative estimate of drug-likeness (QED) is 0.641. The molecule has 0 spiro atoms. The van der Waals surface area contributed by atoms with Crippen molar-refractivity contribution in [3.8, 4) is 11.5 Å². The summed E-state index contributed by atoms with van der Waals surface area (Å²) in [5.74, 6) is 1.06. The summed E-state index contributed by atoms with van der Waals surface area (Å²) in [6.45, 7) is 5.97. The van der Waals surface area contributed by atoms with Crippen LogP contribution in [0.15, 0.2) is 23.1 Å². The lowest BCUT2D eigenvalue weighted by Gasteiger charge is -2.37. The lowest BCUT2D eigenvalue weighted by molar-refractivity contribution is -0.140. The van der Waals surface area contributed by atoms with Crippen LogP contribution in [0.25, 0.3) is 0 Å². The Kier molecular flexibility index (Phi) is 7.58. The number of carbonyl (C=O) groups excluding carboxylic acids is 1. The molecule has 4 rings (SSSR count). The SMILES string of the molecule is CCCOC1CCCN(C(=O)C2CCN(S(=O)(=O)c3ccc4c(c3)OCCCO4)CC2)C1. The first kappa shape index (κ1) is 23.3. The highest BCUT2D eigenvalue weighted by atomic mass is 32.2. The Morgan fingerprint density at radius 3 is 2.56 bits per heavy atom. The zero-order chi connectivity index (χ0) is 22.6. The number of nitrogens with zero attached hydrogens (tertiary/aromatic N) is 2. The van der Waals surface area contributed by atoms with Crippen molar-refractivity contribution in [1.82, 2.24) is 9.21 Å². The van der Waals surface area contributed by atoms with Crippen molar-refractivity contribution in [3.05, 3.63) is 18.2 Å². The molecule has 3 heterocycles. The van der Waals surface area contributed by atoms with Crippen LogP contribution in [0.3, 0.4) is 0 Å². The van der Waals surface area contributed by atoms with Gasteiger partial charge in [-0.1, -0.05) is 6.92 Å². The number of sulfonamides is 1. The van der Waals surface area contributed by atoms with Gasteiger partial charge in [-0.3, -0.25) is 4.79 Å². The first-order valence-corrected chi connectivity index (χ1v) is 13.2. The maximum Gasteiger partial charge on any atom is 0.243 e. The smallest absolute Gasteiger partial charge is 0.243 e. The number of piperidine rings is 2. The second kappa shape index (κ2) is 10.4. The second-order valence-corrected chi connectivity index (χ2v) is 10.7. The average Bonchev–Trinajstić information content (AvgIpc) is 3.07. The van der Waals surface area contributed by atoms with E-state index in [1.807, 2.05) is 4.90 Å². The van der Waals surface area contributed by atoms with Gasteiger partial charge in [-0.15, -0.1) is 0 Å². The number of amides is 1. The molecule has 1 aromatic carbocycles. The van der Waals surface area contributed by atoms with Crippen molar-refractivity contribution in [3.63, 3.8) is 0 Å². The highest BCUT2D eigenvalue weighted by molar-refractivity contribution is 7.89. The average molecular weight is 467 g/mol. The van der Waals surface area contributed by atoms with Crippen LogP contribution >= 0.6 is 0 Å². The normalized spacial score (nSPS) is 23.0. The molecule has 0 radical (unpaired) electrons. The van der Waals surface area contributed by atoms with Gasteiger partial charge in [0.1, 0.15) is 0 Å². The summed E-state index contributed by atoms with van der Waals surface area (Å²) in [5.41, 5.74) is 0. The molecule has 3 aliphatic heterocycles. The number of fused-ring (bicyclic) bond motifs is 1. The Labute approximate surface area is 190 Å². The number of hydrogen-bond acceptors (Lipinski definition) is 6. The molecule has 1 atom stereocenters. The van der Waals surface area contributed by atoms with Crippen LogP contribution in [-0.2, 0) is 19.6 Å². The molecule has 0 saturated carbocycles. The summed E-state index contributed by atoms with van der Waals surface area (Å²) in [4.78, 5) is 15.2. The molecular formula is C23H34N2O6S. The summed E-state index contributed by atoms with van der Waals surface area (Å²) in [6.07, 6.45) is 4.89. The Morgan fingerprint density at radius 2 is 1.81 bits per heavy atom. The van der Waals surface area contributed by atoms with Crippen LogP contribution < -0.4 is 9.47 Å². The minimum Gasteiger partial charge on any atom is -0.490 e. The number of ether oxygens (including phenoxy) is 3. The molecule has 9 heteroatoms. The van der Waals surface area contributed by atoms with Crippen LogP contribution in [-0.4, -0.2) is 75.6 Å². The number of benzene rings is 1. The van der Waals surface area contributed by atoms with Crippen molar-refractivity contribution in [2.75, 3.05) is 46.0 Å². The van der Waals surface area contributed by atoms with E-state index in [0.29, 0.717) is 57.2 Å². The first-order valence-electron chi connectivity index (χ1n) is 11.8. The third kappa shape index (κ3) is 5.21. The van der Waals surface area contributed by atoms with Gasteiger partial charge in [0, 0.05) is 51.2 Å². The van der Waals surface area contributed by atoms with Gasteiger partial charge < -0.3 is 19.1 Å². The van der Waals surface area contributed by atoms with Gasteiger partial charge in [0.15, 0.2) is 11.5 Å². The molecule has 0 N–H and O–H groups in total. The fourth-order valence-corrected chi connectivity index (χ4v) is 6.10. The van der Waals surface area contributed by atoms with Gasteiger partial charge in [-0.05, 0) is 44.2 Å². The molecule has 2 saturated heterocycles. The van der Waals surface area contributed by atoms with E-state index < -0.39 is 10.0 Å². The fraction of sp³-hybridized carbons (Fsp3) is 0.696. The maximum atomic E-state index is 13.2. The number of hydrogen-bond donors (Lipinski definition) is 0. The van der Waals surface area contributed by atoms with Crippen LogP contribution in [0.1, 0.15) is 45.4 Å². The van der Waals surface area contributed by atoms with Crippen LogP contribution in [0.5, 0.6) is 11.5 Å². The van der Waals surface area contributed by atoms with E-state index in [1.165, 1.54) is 4.31 Å². The predicted molar refractivity (Wildman–Crippen MR) is 119 cm³/mol.